The van der Waals surface area contributed by atoms with E-state index in [1.54, 1.807) is 0 Å². The van der Waals surface area contributed by atoms with Crippen molar-refractivity contribution in [2.75, 3.05) is 0 Å². The first-order valence-corrected chi connectivity index (χ1v) is 9.79. The summed E-state index contributed by atoms with van der Waals surface area (Å²) in [5.41, 5.74) is 0.711. The normalized spacial score (nSPS) is 24.1. The summed E-state index contributed by atoms with van der Waals surface area (Å²) in [6, 6.07) is 8.11. The highest BCUT2D eigenvalue weighted by molar-refractivity contribution is 6.05. The molecule has 2 aliphatic heterocycles. The van der Waals surface area contributed by atoms with Gasteiger partial charge in [-0.3, -0.25) is 14.5 Å². The Bertz CT molecular complexity index is 744. The summed E-state index contributed by atoms with van der Waals surface area (Å²) >= 11 is 0. The summed E-state index contributed by atoms with van der Waals surface area (Å²) < 4.78 is 0. The highest BCUT2D eigenvalue weighted by atomic mass is 16.2. The molecular formula is C21H30N4O3. The number of imide groups is 1. The molecule has 1 atom stereocenters. The SMILES string of the molecule is CC1(C)CC(NC(=O)C[C@@H]2NC(=O)N(Cc3ccccc3)C2=O)CC(C)(C)N1. The number of urea groups is 1. The smallest absolute Gasteiger partial charge is 0.325 e. The lowest BCUT2D eigenvalue weighted by Crippen LogP contribution is -2.62. The van der Waals surface area contributed by atoms with E-state index in [0.29, 0.717) is 0 Å². The number of carbonyl (C=O) groups excluding carboxylic acids is 3. The lowest BCUT2D eigenvalue weighted by atomic mass is 9.79. The van der Waals surface area contributed by atoms with Gasteiger partial charge in [-0.05, 0) is 46.1 Å². The molecule has 3 N–H and O–H groups in total. The number of hydrogen-bond donors (Lipinski definition) is 3. The molecule has 3 rings (SSSR count). The Morgan fingerprint density at radius 1 is 1.11 bits per heavy atom. The van der Waals surface area contributed by atoms with E-state index in [9.17, 15) is 14.4 Å². The number of hydrogen-bond acceptors (Lipinski definition) is 4. The van der Waals surface area contributed by atoms with Crippen molar-refractivity contribution in [1.82, 2.24) is 20.9 Å². The molecule has 2 fully saturated rings. The van der Waals surface area contributed by atoms with Crippen LogP contribution in [0, 0.1) is 0 Å². The summed E-state index contributed by atoms with van der Waals surface area (Å²) in [5.74, 6) is -0.561. The van der Waals surface area contributed by atoms with Crippen LogP contribution in [0.3, 0.4) is 0 Å². The van der Waals surface area contributed by atoms with E-state index in [-0.39, 0.29) is 41.9 Å². The van der Waals surface area contributed by atoms with Gasteiger partial charge in [-0.2, -0.15) is 0 Å². The van der Waals surface area contributed by atoms with E-state index in [2.05, 4.69) is 43.6 Å². The standard InChI is InChI=1S/C21H30N4O3/c1-20(2)11-15(12-21(3,4)24-20)22-17(26)10-16-18(27)25(19(28)23-16)13-14-8-6-5-7-9-14/h5-9,15-16,24H,10-13H2,1-4H3,(H,22,26)(H,23,28)/t16-/m0/s1. The van der Waals surface area contributed by atoms with Gasteiger partial charge in [-0.15, -0.1) is 0 Å². The van der Waals surface area contributed by atoms with E-state index in [1.165, 1.54) is 4.90 Å². The fourth-order valence-corrected chi connectivity index (χ4v) is 4.53. The fourth-order valence-electron chi connectivity index (χ4n) is 4.53. The minimum absolute atomic E-state index is 0.0337. The average molecular weight is 386 g/mol. The molecule has 0 unspecified atom stereocenters. The number of benzene rings is 1. The zero-order valence-electron chi connectivity index (χ0n) is 17.0. The van der Waals surface area contributed by atoms with E-state index < -0.39 is 12.1 Å². The molecule has 0 aliphatic carbocycles. The van der Waals surface area contributed by atoms with Crippen LogP contribution in [-0.2, 0) is 16.1 Å². The molecule has 2 saturated heterocycles. The van der Waals surface area contributed by atoms with Gasteiger partial charge in [-0.1, -0.05) is 30.3 Å². The minimum atomic E-state index is -0.807. The summed E-state index contributed by atoms with van der Waals surface area (Å²) in [7, 11) is 0. The van der Waals surface area contributed by atoms with E-state index in [4.69, 9.17) is 0 Å². The van der Waals surface area contributed by atoms with Crippen molar-refractivity contribution in [3.05, 3.63) is 35.9 Å². The molecule has 2 heterocycles. The molecule has 2 aliphatic rings. The Morgan fingerprint density at radius 2 is 1.71 bits per heavy atom. The third-order valence-corrected chi connectivity index (χ3v) is 5.24. The first-order chi connectivity index (χ1) is 13.0. The van der Waals surface area contributed by atoms with Crippen molar-refractivity contribution < 1.29 is 14.4 Å². The molecule has 1 aromatic rings. The van der Waals surface area contributed by atoms with Gasteiger partial charge in [0.05, 0.1) is 13.0 Å². The van der Waals surface area contributed by atoms with E-state index in [0.717, 1.165) is 18.4 Å². The second-order valence-electron chi connectivity index (χ2n) is 9.18. The van der Waals surface area contributed by atoms with Crippen LogP contribution in [-0.4, -0.2) is 45.9 Å². The van der Waals surface area contributed by atoms with Crippen LogP contribution in [0.1, 0.15) is 52.5 Å². The molecule has 7 heteroatoms. The van der Waals surface area contributed by atoms with Crippen molar-refractivity contribution in [3.8, 4) is 0 Å². The number of carbonyl (C=O) groups is 3. The summed E-state index contributed by atoms with van der Waals surface area (Å²) in [6.45, 7) is 8.69. The molecule has 152 valence electrons. The third kappa shape index (κ3) is 4.90. The number of rotatable bonds is 5. The van der Waals surface area contributed by atoms with E-state index in [1.807, 2.05) is 30.3 Å². The highest BCUT2D eigenvalue weighted by Gasteiger charge is 2.41. The second kappa shape index (κ2) is 7.54. The van der Waals surface area contributed by atoms with Gasteiger partial charge >= 0.3 is 6.03 Å². The first kappa shape index (κ1) is 20.3. The molecule has 0 saturated carbocycles. The van der Waals surface area contributed by atoms with Crippen LogP contribution in [0.2, 0.25) is 0 Å². The van der Waals surface area contributed by atoms with Crippen LogP contribution in [0.15, 0.2) is 30.3 Å². The molecule has 1 aromatic carbocycles. The molecule has 28 heavy (non-hydrogen) atoms. The molecule has 0 spiro atoms. The zero-order chi connectivity index (χ0) is 20.5. The van der Waals surface area contributed by atoms with Crippen LogP contribution < -0.4 is 16.0 Å². The Kier molecular flexibility index (Phi) is 5.48. The summed E-state index contributed by atoms with van der Waals surface area (Å²) in [5, 5.41) is 9.28. The van der Waals surface area contributed by atoms with Crippen LogP contribution in [0.4, 0.5) is 4.79 Å². The topological polar surface area (TPSA) is 90.5 Å². The van der Waals surface area contributed by atoms with Gasteiger partial charge in [0.15, 0.2) is 0 Å². The number of amides is 4. The maximum absolute atomic E-state index is 12.6. The molecule has 4 amide bonds. The number of nitrogens with one attached hydrogen (secondary N) is 3. The van der Waals surface area contributed by atoms with Crippen molar-refractivity contribution in [3.63, 3.8) is 0 Å². The summed E-state index contributed by atoms with van der Waals surface area (Å²) in [6.07, 6.45) is 1.58. The van der Waals surface area contributed by atoms with Gasteiger partial charge in [0.1, 0.15) is 6.04 Å². The van der Waals surface area contributed by atoms with E-state index >= 15 is 0 Å². The highest BCUT2D eigenvalue weighted by Crippen LogP contribution is 2.28. The molecule has 0 aromatic heterocycles. The Hall–Kier alpha value is -2.41. The molecule has 7 nitrogen and oxygen atoms in total. The predicted octanol–water partition coefficient (Wildman–Crippen LogP) is 1.92. The van der Waals surface area contributed by atoms with Crippen molar-refractivity contribution in [2.24, 2.45) is 0 Å². The maximum Gasteiger partial charge on any atom is 0.325 e. The summed E-state index contributed by atoms with van der Waals surface area (Å²) in [4.78, 5) is 38.5. The third-order valence-electron chi connectivity index (χ3n) is 5.24. The monoisotopic (exact) mass is 386 g/mol. The minimum Gasteiger partial charge on any atom is -0.353 e. The predicted molar refractivity (Wildman–Crippen MR) is 106 cm³/mol. The average Bonchev–Trinajstić information content (AvgIpc) is 2.80. The Labute approximate surface area is 166 Å². The van der Waals surface area contributed by atoms with Crippen LogP contribution in [0.5, 0.6) is 0 Å². The largest absolute Gasteiger partial charge is 0.353 e. The molecular weight excluding hydrogens is 356 g/mol. The Balaban J connectivity index is 1.57. The first-order valence-electron chi connectivity index (χ1n) is 9.79. The van der Waals surface area contributed by atoms with Gasteiger partial charge in [0.25, 0.3) is 5.91 Å². The van der Waals surface area contributed by atoms with Gasteiger partial charge in [0.2, 0.25) is 5.91 Å². The zero-order valence-corrected chi connectivity index (χ0v) is 17.0. The lowest BCUT2D eigenvalue weighted by Gasteiger charge is -2.46. The Morgan fingerprint density at radius 3 is 2.32 bits per heavy atom. The van der Waals surface area contributed by atoms with Gasteiger partial charge in [0, 0.05) is 17.1 Å². The van der Waals surface area contributed by atoms with Crippen LogP contribution in [0.25, 0.3) is 0 Å². The molecule has 0 radical (unpaired) electrons. The number of nitrogens with zero attached hydrogens (tertiary/aromatic N) is 1. The van der Waals surface area contributed by atoms with Gasteiger partial charge in [-0.25, -0.2) is 4.79 Å². The van der Waals surface area contributed by atoms with Crippen LogP contribution >= 0.6 is 0 Å². The lowest BCUT2D eigenvalue weighted by molar-refractivity contribution is -0.131. The van der Waals surface area contributed by atoms with Crippen molar-refractivity contribution >= 4 is 17.8 Å². The second-order valence-corrected chi connectivity index (χ2v) is 9.18. The fraction of sp³-hybridized carbons (Fsp3) is 0.571. The van der Waals surface area contributed by atoms with Crippen molar-refractivity contribution in [2.45, 2.75) is 76.7 Å². The van der Waals surface area contributed by atoms with Gasteiger partial charge < -0.3 is 16.0 Å². The quantitative estimate of drug-likeness (QED) is 0.675. The number of piperidine rings is 1. The molecule has 0 bridgehead atoms. The maximum atomic E-state index is 12.6. The van der Waals surface area contributed by atoms with Crippen molar-refractivity contribution in [1.29, 1.82) is 0 Å².